The topological polar surface area (TPSA) is 127 Å². The average Bonchev–Trinajstić information content (AvgIpc) is 2.90. The number of H-pyrrole nitrogens is 1. The minimum Gasteiger partial charge on any atom is -0.506 e. The summed E-state index contributed by atoms with van der Waals surface area (Å²) in [5.41, 5.74) is 0.788. The maximum Gasteiger partial charge on any atom is 0.573 e. The molecule has 4 rings (SSSR count). The summed E-state index contributed by atoms with van der Waals surface area (Å²) in [5, 5.41) is 27.4. The molecule has 1 amide bonds. The van der Waals surface area contributed by atoms with E-state index in [0.717, 1.165) is 25.9 Å². The Morgan fingerprint density at radius 2 is 1.87 bits per heavy atom. The fraction of sp³-hybridized carbons (Fsp3) is 0.407. The molecular formula is C27H31F3N4O5. The zero-order valence-corrected chi connectivity index (χ0v) is 21.1. The largest absolute Gasteiger partial charge is 0.573 e. The molecule has 1 fully saturated rings. The van der Waals surface area contributed by atoms with E-state index in [1.54, 1.807) is 18.2 Å². The molecule has 1 saturated heterocycles. The number of hydrogen-bond acceptors (Lipinski definition) is 7. The van der Waals surface area contributed by atoms with Crippen LogP contribution in [0.2, 0.25) is 0 Å². The van der Waals surface area contributed by atoms with Crippen molar-refractivity contribution in [1.29, 1.82) is 0 Å². The predicted molar refractivity (Wildman–Crippen MR) is 138 cm³/mol. The Morgan fingerprint density at radius 3 is 2.62 bits per heavy atom. The highest BCUT2D eigenvalue weighted by Crippen LogP contribution is 2.29. The lowest BCUT2D eigenvalue weighted by molar-refractivity contribution is -0.274. The van der Waals surface area contributed by atoms with E-state index in [9.17, 15) is 33.0 Å². The van der Waals surface area contributed by atoms with Crippen LogP contribution in [-0.2, 0) is 11.3 Å². The average molecular weight is 549 g/mol. The SMILES string of the molecule is O=C(CCN1CCC(NC[C@H](O)c2ccc(O)c3[nH]c(=O)ccc23)CC1)NCc1ccccc1OC(F)(F)F. The summed E-state index contributed by atoms with van der Waals surface area (Å²) in [6.07, 6.45) is -3.79. The number of aliphatic hydroxyl groups excluding tert-OH is 1. The van der Waals surface area contributed by atoms with Gasteiger partial charge in [-0.1, -0.05) is 24.3 Å². The number of aliphatic hydroxyl groups is 1. The van der Waals surface area contributed by atoms with E-state index in [2.05, 4.69) is 25.3 Å². The lowest BCUT2D eigenvalue weighted by atomic mass is 10.0. The molecule has 2 heterocycles. The Morgan fingerprint density at radius 1 is 1.13 bits per heavy atom. The minimum atomic E-state index is -4.80. The number of likely N-dealkylation sites (tertiary alicyclic amines) is 1. The van der Waals surface area contributed by atoms with Crippen LogP contribution in [0.1, 0.15) is 36.5 Å². The maximum absolute atomic E-state index is 12.6. The van der Waals surface area contributed by atoms with Gasteiger partial charge in [-0.15, -0.1) is 13.2 Å². The number of nitrogens with zero attached hydrogens (tertiary/aromatic N) is 1. The van der Waals surface area contributed by atoms with Gasteiger partial charge in [0.2, 0.25) is 11.5 Å². The van der Waals surface area contributed by atoms with Crippen LogP contribution in [0.15, 0.2) is 53.3 Å². The Balaban J connectivity index is 1.18. The lowest BCUT2D eigenvalue weighted by Crippen LogP contribution is -2.44. The number of ether oxygens (including phenoxy) is 1. The van der Waals surface area contributed by atoms with Crippen molar-refractivity contribution in [2.75, 3.05) is 26.2 Å². The molecule has 210 valence electrons. The smallest absolute Gasteiger partial charge is 0.506 e. The van der Waals surface area contributed by atoms with Crippen molar-refractivity contribution in [3.05, 3.63) is 70.0 Å². The number of aromatic nitrogens is 1. The van der Waals surface area contributed by atoms with E-state index in [1.165, 1.54) is 30.3 Å². The number of carbonyl (C=O) groups excluding carboxylic acids is 1. The van der Waals surface area contributed by atoms with Crippen LogP contribution >= 0.6 is 0 Å². The second kappa shape index (κ2) is 12.5. The van der Waals surface area contributed by atoms with E-state index in [1.807, 2.05) is 0 Å². The third-order valence-corrected chi connectivity index (χ3v) is 6.78. The molecule has 0 unspecified atom stereocenters. The van der Waals surface area contributed by atoms with Crippen LogP contribution in [0.4, 0.5) is 13.2 Å². The number of nitrogens with one attached hydrogen (secondary N) is 3. The number of hydrogen-bond donors (Lipinski definition) is 5. The number of halogens is 3. The van der Waals surface area contributed by atoms with Gasteiger partial charge in [-0.3, -0.25) is 9.59 Å². The van der Waals surface area contributed by atoms with Crippen LogP contribution in [0.5, 0.6) is 11.5 Å². The number of fused-ring (bicyclic) bond motifs is 1. The number of carbonyl (C=O) groups is 1. The quantitative estimate of drug-likeness (QED) is 0.264. The number of aromatic amines is 1. The number of benzene rings is 2. The number of pyridine rings is 1. The minimum absolute atomic E-state index is 0.0621. The van der Waals surface area contributed by atoms with Gasteiger partial charge in [0.1, 0.15) is 11.5 Å². The number of amides is 1. The number of para-hydroxylation sites is 1. The fourth-order valence-corrected chi connectivity index (χ4v) is 4.71. The normalized spacial score (nSPS) is 15.8. The van der Waals surface area contributed by atoms with E-state index >= 15 is 0 Å². The van der Waals surface area contributed by atoms with Crippen molar-refractivity contribution in [3.8, 4) is 11.5 Å². The fourth-order valence-electron chi connectivity index (χ4n) is 4.71. The van der Waals surface area contributed by atoms with Gasteiger partial charge >= 0.3 is 6.36 Å². The van der Waals surface area contributed by atoms with Crippen molar-refractivity contribution in [3.63, 3.8) is 0 Å². The molecule has 0 spiro atoms. The number of alkyl halides is 3. The molecule has 1 aliphatic heterocycles. The summed E-state index contributed by atoms with van der Waals surface area (Å²) in [4.78, 5) is 28.6. The zero-order chi connectivity index (χ0) is 28.0. The second-order valence-corrected chi connectivity index (χ2v) is 9.51. The Kier molecular flexibility index (Phi) is 9.10. The van der Waals surface area contributed by atoms with Gasteiger partial charge in [-0.25, -0.2) is 0 Å². The van der Waals surface area contributed by atoms with E-state index in [4.69, 9.17) is 0 Å². The third kappa shape index (κ3) is 7.94. The lowest BCUT2D eigenvalue weighted by Gasteiger charge is -2.32. The number of aromatic hydroxyl groups is 1. The van der Waals surface area contributed by atoms with Gasteiger partial charge in [0.15, 0.2) is 0 Å². The predicted octanol–water partition coefficient (Wildman–Crippen LogP) is 2.93. The number of phenolic OH excluding ortho intramolecular Hbond substituents is 1. The summed E-state index contributed by atoms with van der Waals surface area (Å²) < 4.78 is 41.7. The first-order valence-corrected chi connectivity index (χ1v) is 12.7. The molecule has 0 radical (unpaired) electrons. The molecule has 1 aliphatic rings. The van der Waals surface area contributed by atoms with Crippen LogP contribution in [0, 0.1) is 0 Å². The molecule has 0 aliphatic carbocycles. The van der Waals surface area contributed by atoms with E-state index < -0.39 is 12.5 Å². The first-order chi connectivity index (χ1) is 18.6. The van der Waals surface area contributed by atoms with Crippen molar-refractivity contribution < 1.29 is 32.9 Å². The molecule has 1 atom stereocenters. The molecule has 3 aromatic rings. The molecule has 0 saturated carbocycles. The maximum atomic E-state index is 12.6. The van der Waals surface area contributed by atoms with Gasteiger partial charge < -0.3 is 35.5 Å². The van der Waals surface area contributed by atoms with Crippen LogP contribution < -0.4 is 20.9 Å². The van der Waals surface area contributed by atoms with Gasteiger partial charge in [-0.2, -0.15) is 0 Å². The standard InChI is InChI=1S/C27H31F3N4O5/c28-27(29,30)39-23-4-2-1-3-17(23)15-32-24(37)11-14-34-12-9-18(10-13-34)31-16-22(36)19-5-7-21(35)26-20(19)6-8-25(38)33-26/h1-8,18,22,31,35-36H,9-16H2,(H,32,37)(H,33,38)/t22-/m0/s1. The van der Waals surface area contributed by atoms with Crippen molar-refractivity contribution >= 4 is 16.8 Å². The van der Waals surface area contributed by atoms with Gasteiger partial charge in [0.05, 0.1) is 11.6 Å². The third-order valence-electron chi connectivity index (χ3n) is 6.78. The monoisotopic (exact) mass is 548 g/mol. The highest BCUT2D eigenvalue weighted by molar-refractivity contribution is 5.87. The molecule has 1 aromatic heterocycles. The highest BCUT2D eigenvalue weighted by Gasteiger charge is 2.32. The van der Waals surface area contributed by atoms with Crippen molar-refractivity contribution in [2.24, 2.45) is 0 Å². The first kappa shape index (κ1) is 28.4. The molecule has 9 nitrogen and oxygen atoms in total. The summed E-state index contributed by atoms with van der Waals surface area (Å²) >= 11 is 0. The van der Waals surface area contributed by atoms with Crippen LogP contribution in [0.3, 0.4) is 0 Å². The molecular weight excluding hydrogens is 517 g/mol. The molecule has 2 aromatic carbocycles. The van der Waals surface area contributed by atoms with Crippen LogP contribution in [-0.4, -0.2) is 64.6 Å². The Labute approximate surface area is 222 Å². The van der Waals surface area contributed by atoms with Crippen molar-refractivity contribution in [1.82, 2.24) is 20.5 Å². The first-order valence-electron chi connectivity index (χ1n) is 12.7. The summed E-state index contributed by atoms with van der Waals surface area (Å²) in [5.74, 6) is -0.658. The van der Waals surface area contributed by atoms with Crippen molar-refractivity contribution in [2.45, 2.75) is 44.3 Å². The second-order valence-electron chi connectivity index (χ2n) is 9.51. The Bertz CT molecular complexity index is 1340. The molecule has 39 heavy (non-hydrogen) atoms. The van der Waals surface area contributed by atoms with Crippen LogP contribution in [0.25, 0.3) is 10.9 Å². The van der Waals surface area contributed by atoms with Gasteiger partial charge in [0.25, 0.3) is 0 Å². The number of piperidine rings is 1. The van der Waals surface area contributed by atoms with Gasteiger partial charge in [0, 0.05) is 49.1 Å². The molecule has 5 N–H and O–H groups in total. The van der Waals surface area contributed by atoms with E-state index in [0.29, 0.717) is 24.0 Å². The molecule has 0 bridgehead atoms. The molecule has 12 heteroatoms. The highest BCUT2D eigenvalue weighted by atomic mass is 19.4. The summed E-state index contributed by atoms with van der Waals surface area (Å²) in [6.45, 7) is 2.27. The number of rotatable bonds is 10. The van der Waals surface area contributed by atoms with Gasteiger partial charge in [-0.05, 0) is 49.7 Å². The summed E-state index contributed by atoms with van der Waals surface area (Å²) in [7, 11) is 0. The zero-order valence-electron chi connectivity index (χ0n) is 21.1. The van der Waals surface area contributed by atoms with E-state index in [-0.39, 0.29) is 53.1 Å². The Hall–Kier alpha value is -3.61. The summed E-state index contributed by atoms with van der Waals surface area (Å²) in [6, 6.07) is 11.9. The number of phenols is 1.